The van der Waals surface area contributed by atoms with Gasteiger partial charge in [-0.15, -0.1) is 0 Å². The fourth-order valence-corrected chi connectivity index (χ4v) is 0.962. The molecule has 0 saturated heterocycles. The lowest BCUT2D eigenvalue weighted by atomic mass is 10.3. The Balaban J connectivity index is 2.45. The molecule has 0 atom stereocenters. The molecular formula is C11H11NO3. The summed E-state index contributed by atoms with van der Waals surface area (Å²) in [6.07, 6.45) is 0. The van der Waals surface area contributed by atoms with Crippen molar-refractivity contribution in [2.45, 2.75) is 6.92 Å². The van der Waals surface area contributed by atoms with Crippen LogP contribution in [0.1, 0.15) is 6.92 Å². The van der Waals surface area contributed by atoms with Gasteiger partial charge in [0.1, 0.15) is 5.75 Å². The summed E-state index contributed by atoms with van der Waals surface area (Å²) in [6, 6.07) is 6.56. The van der Waals surface area contributed by atoms with Gasteiger partial charge < -0.3 is 9.47 Å². The van der Waals surface area contributed by atoms with Crippen LogP contribution in [0.15, 0.2) is 24.3 Å². The topological polar surface area (TPSA) is 39.9 Å². The molecule has 0 fully saturated rings. The number of benzene rings is 1. The number of rotatable bonds is 4. The zero-order valence-electron chi connectivity index (χ0n) is 8.40. The minimum atomic E-state index is -0.397. The predicted octanol–water partition coefficient (Wildman–Crippen LogP) is 2.18. The molecule has 0 aliphatic heterocycles. The first-order valence-corrected chi connectivity index (χ1v) is 4.52. The summed E-state index contributed by atoms with van der Waals surface area (Å²) in [7, 11) is 0. The average molecular weight is 205 g/mol. The SMILES string of the molecule is [C-]#[N+]c1ccc(OCC(=O)OCC)cc1. The second-order valence-corrected chi connectivity index (χ2v) is 2.70. The van der Waals surface area contributed by atoms with E-state index in [-0.39, 0.29) is 6.61 Å². The van der Waals surface area contributed by atoms with Crippen molar-refractivity contribution in [2.24, 2.45) is 0 Å². The molecule has 1 aromatic carbocycles. The van der Waals surface area contributed by atoms with Crippen LogP contribution < -0.4 is 4.74 Å². The monoisotopic (exact) mass is 205 g/mol. The van der Waals surface area contributed by atoms with E-state index in [2.05, 4.69) is 4.85 Å². The fraction of sp³-hybridized carbons (Fsp3) is 0.273. The molecule has 0 aromatic heterocycles. The highest BCUT2D eigenvalue weighted by atomic mass is 16.6. The molecule has 0 amide bonds. The maximum atomic E-state index is 10.9. The molecule has 0 radical (unpaired) electrons. The molecule has 0 N–H and O–H groups in total. The summed E-state index contributed by atoms with van der Waals surface area (Å²) in [4.78, 5) is 14.2. The van der Waals surface area contributed by atoms with Crippen LogP contribution in [0.25, 0.3) is 4.85 Å². The summed E-state index contributed by atoms with van der Waals surface area (Å²) < 4.78 is 9.84. The number of esters is 1. The third-order valence-corrected chi connectivity index (χ3v) is 1.63. The maximum Gasteiger partial charge on any atom is 0.344 e. The predicted molar refractivity (Wildman–Crippen MR) is 54.8 cm³/mol. The van der Waals surface area contributed by atoms with Crippen LogP contribution in [0.4, 0.5) is 5.69 Å². The van der Waals surface area contributed by atoms with E-state index in [1.165, 1.54) is 0 Å². The number of hydrogen-bond acceptors (Lipinski definition) is 3. The lowest BCUT2D eigenvalue weighted by molar-refractivity contribution is -0.145. The van der Waals surface area contributed by atoms with Crippen molar-refractivity contribution in [3.8, 4) is 5.75 Å². The minimum absolute atomic E-state index is 0.106. The molecule has 0 heterocycles. The van der Waals surface area contributed by atoms with E-state index in [4.69, 9.17) is 16.0 Å². The van der Waals surface area contributed by atoms with Gasteiger partial charge in [-0.2, -0.15) is 0 Å². The molecule has 4 heteroatoms. The molecule has 0 spiro atoms. The molecule has 0 unspecified atom stereocenters. The molecule has 4 nitrogen and oxygen atoms in total. The molecule has 0 aliphatic rings. The van der Waals surface area contributed by atoms with E-state index in [0.29, 0.717) is 18.0 Å². The minimum Gasteiger partial charge on any atom is -0.482 e. The summed E-state index contributed by atoms with van der Waals surface area (Å²) >= 11 is 0. The molecule has 0 saturated carbocycles. The van der Waals surface area contributed by atoms with Crippen molar-refractivity contribution in [2.75, 3.05) is 13.2 Å². The van der Waals surface area contributed by atoms with Gasteiger partial charge in [-0.1, -0.05) is 12.1 Å². The lowest BCUT2D eigenvalue weighted by Crippen LogP contribution is -2.14. The first kappa shape index (κ1) is 11.1. The van der Waals surface area contributed by atoms with E-state index < -0.39 is 5.97 Å². The Bertz CT molecular complexity index is 364. The summed E-state index contributed by atoms with van der Waals surface area (Å²) in [5.74, 6) is 0.155. The van der Waals surface area contributed by atoms with Crippen LogP contribution in [0, 0.1) is 6.57 Å². The van der Waals surface area contributed by atoms with Crippen molar-refractivity contribution in [3.63, 3.8) is 0 Å². The third-order valence-electron chi connectivity index (χ3n) is 1.63. The van der Waals surface area contributed by atoms with Gasteiger partial charge in [0.15, 0.2) is 12.3 Å². The smallest absolute Gasteiger partial charge is 0.344 e. The third kappa shape index (κ3) is 3.69. The summed E-state index contributed by atoms with van der Waals surface area (Å²) in [6.45, 7) is 8.73. The van der Waals surface area contributed by atoms with Gasteiger partial charge in [-0.05, 0) is 19.1 Å². The Hall–Kier alpha value is -2.02. The highest BCUT2D eigenvalue weighted by Crippen LogP contribution is 2.17. The normalized spacial score (nSPS) is 9.07. The molecule has 15 heavy (non-hydrogen) atoms. The van der Waals surface area contributed by atoms with Gasteiger partial charge in [-0.25, -0.2) is 9.64 Å². The molecule has 1 aromatic rings. The Morgan fingerprint density at radius 2 is 2.07 bits per heavy atom. The Kier molecular flexibility index (Phi) is 4.17. The van der Waals surface area contributed by atoms with E-state index in [9.17, 15) is 4.79 Å². The number of carbonyl (C=O) groups excluding carboxylic acids is 1. The van der Waals surface area contributed by atoms with Gasteiger partial charge in [0, 0.05) is 0 Å². The molecule has 78 valence electrons. The highest BCUT2D eigenvalue weighted by molar-refractivity contribution is 5.71. The van der Waals surface area contributed by atoms with Crippen molar-refractivity contribution in [1.82, 2.24) is 0 Å². The van der Waals surface area contributed by atoms with Crippen LogP contribution in [0.2, 0.25) is 0 Å². The van der Waals surface area contributed by atoms with Crippen LogP contribution in [0.3, 0.4) is 0 Å². The number of hydrogen-bond donors (Lipinski definition) is 0. The summed E-state index contributed by atoms with van der Waals surface area (Å²) in [5.41, 5.74) is 0.540. The van der Waals surface area contributed by atoms with Crippen LogP contribution in [-0.2, 0) is 9.53 Å². The second-order valence-electron chi connectivity index (χ2n) is 2.70. The van der Waals surface area contributed by atoms with Crippen molar-refractivity contribution < 1.29 is 14.3 Å². The lowest BCUT2D eigenvalue weighted by Gasteiger charge is -2.05. The number of nitrogens with zero attached hydrogens (tertiary/aromatic N) is 1. The van der Waals surface area contributed by atoms with Crippen LogP contribution >= 0.6 is 0 Å². The van der Waals surface area contributed by atoms with E-state index >= 15 is 0 Å². The van der Waals surface area contributed by atoms with Crippen LogP contribution in [-0.4, -0.2) is 19.2 Å². The molecule has 1 rings (SSSR count). The van der Waals surface area contributed by atoms with Gasteiger partial charge in [-0.3, -0.25) is 0 Å². The summed E-state index contributed by atoms with van der Waals surface area (Å²) in [5, 5.41) is 0. The fourth-order valence-electron chi connectivity index (χ4n) is 0.962. The van der Waals surface area contributed by atoms with Gasteiger partial charge in [0.2, 0.25) is 0 Å². The highest BCUT2D eigenvalue weighted by Gasteiger charge is 2.02. The number of carbonyl (C=O) groups is 1. The van der Waals surface area contributed by atoms with Crippen LogP contribution in [0.5, 0.6) is 5.75 Å². The number of ether oxygens (including phenoxy) is 2. The zero-order chi connectivity index (χ0) is 11.1. The van der Waals surface area contributed by atoms with E-state index in [1.54, 1.807) is 31.2 Å². The van der Waals surface area contributed by atoms with E-state index in [0.717, 1.165) is 0 Å². The van der Waals surface area contributed by atoms with Crippen molar-refractivity contribution in [1.29, 1.82) is 0 Å². The molecular weight excluding hydrogens is 194 g/mol. The largest absolute Gasteiger partial charge is 0.482 e. The van der Waals surface area contributed by atoms with Crippen molar-refractivity contribution in [3.05, 3.63) is 35.7 Å². The quantitative estimate of drug-likeness (QED) is 0.558. The zero-order valence-corrected chi connectivity index (χ0v) is 8.40. The van der Waals surface area contributed by atoms with Gasteiger partial charge in [0.25, 0.3) is 0 Å². The first-order chi connectivity index (χ1) is 7.26. The maximum absolute atomic E-state index is 10.9. The Morgan fingerprint density at radius 1 is 1.40 bits per heavy atom. The van der Waals surface area contributed by atoms with Gasteiger partial charge in [0.05, 0.1) is 13.2 Å². The second kappa shape index (κ2) is 5.66. The van der Waals surface area contributed by atoms with Crippen molar-refractivity contribution >= 4 is 11.7 Å². The standard InChI is InChI=1S/C11H11NO3/c1-3-14-11(13)8-15-10-6-4-9(12-2)5-7-10/h4-7H,3,8H2,1H3. The molecule has 0 bridgehead atoms. The van der Waals surface area contributed by atoms with E-state index in [1.807, 2.05) is 0 Å². The van der Waals surface area contributed by atoms with Gasteiger partial charge >= 0.3 is 5.97 Å². The Morgan fingerprint density at radius 3 is 2.60 bits per heavy atom. The Labute approximate surface area is 88.2 Å². The molecule has 0 aliphatic carbocycles. The first-order valence-electron chi connectivity index (χ1n) is 4.52. The average Bonchev–Trinajstić information content (AvgIpc) is 2.27.